The zero-order valence-corrected chi connectivity index (χ0v) is 18.3. The maximum absolute atomic E-state index is 14.2. The van der Waals surface area contributed by atoms with Crippen LogP contribution < -0.4 is 20.1 Å². The third kappa shape index (κ3) is 5.83. The van der Waals surface area contributed by atoms with Crippen LogP contribution in [0.2, 0.25) is 0 Å². The summed E-state index contributed by atoms with van der Waals surface area (Å²) in [6, 6.07) is 8.60. The fourth-order valence-electron chi connectivity index (χ4n) is 2.52. The molecule has 0 fully saturated rings. The third-order valence-electron chi connectivity index (χ3n) is 3.96. The fraction of sp³-hybridized carbons (Fsp3) is 0.350. The number of nitrogens with zero attached hydrogens (tertiary/aromatic N) is 1. The molecule has 164 valence electrons. The fourth-order valence-corrected chi connectivity index (χ4v) is 3.59. The number of carbonyl (C=O) groups excluding carboxylic acids is 1. The van der Waals surface area contributed by atoms with Crippen LogP contribution in [0.25, 0.3) is 0 Å². The molecule has 10 heteroatoms. The molecule has 0 heterocycles. The largest absolute Gasteiger partial charge is 0.495 e. The lowest BCUT2D eigenvalue weighted by molar-refractivity contribution is -0.114. The molecule has 0 aromatic heterocycles. The van der Waals surface area contributed by atoms with Gasteiger partial charge in [-0.2, -0.15) is 0 Å². The van der Waals surface area contributed by atoms with E-state index in [4.69, 9.17) is 9.47 Å². The van der Waals surface area contributed by atoms with Gasteiger partial charge in [-0.05, 0) is 44.2 Å². The highest BCUT2D eigenvalue weighted by molar-refractivity contribution is 7.89. The van der Waals surface area contributed by atoms with Gasteiger partial charge in [-0.1, -0.05) is 0 Å². The van der Waals surface area contributed by atoms with Gasteiger partial charge in [-0.3, -0.25) is 4.79 Å². The summed E-state index contributed by atoms with van der Waals surface area (Å²) < 4.78 is 50.7. The highest BCUT2D eigenvalue weighted by atomic mass is 32.2. The zero-order chi connectivity index (χ0) is 22.5. The molecule has 0 saturated carbocycles. The molecule has 0 aliphatic heterocycles. The maximum atomic E-state index is 14.2. The van der Waals surface area contributed by atoms with Gasteiger partial charge in [0.15, 0.2) is 0 Å². The lowest BCUT2D eigenvalue weighted by atomic mass is 10.2. The number of ether oxygens (including phenoxy) is 2. The van der Waals surface area contributed by atoms with E-state index in [1.165, 1.54) is 51.5 Å². The van der Waals surface area contributed by atoms with Crippen LogP contribution in [0.5, 0.6) is 11.5 Å². The Kier molecular flexibility index (Phi) is 7.63. The van der Waals surface area contributed by atoms with Crippen LogP contribution >= 0.6 is 0 Å². The molecule has 0 aliphatic carbocycles. The third-order valence-corrected chi connectivity index (χ3v) is 5.79. The number of anilines is 2. The highest BCUT2D eigenvalue weighted by Crippen LogP contribution is 2.29. The minimum atomic E-state index is -3.77. The quantitative estimate of drug-likeness (QED) is 0.624. The first-order chi connectivity index (χ1) is 14.0. The Morgan fingerprint density at radius 2 is 1.87 bits per heavy atom. The SMILES string of the molecule is COc1ccc(NC(=O)CNc2ccc(OC(C)C)cc2F)cc1S(=O)(=O)N(C)C. The smallest absolute Gasteiger partial charge is 0.246 e. The first-order valence-electron chi connectivity index (χ1n) is 9.15. The lowest BCUT2D eigenvalue weighted by Gasteiger charge is -2.16. The molecule has 0 saturated heterocycles. The van der Waals surface area contributed by atoms with Crippen molar-refractivity contribution in [2.45, 2.75) is 24.8 Å². The predicted octanol–water partition coefficient (Wildman–Crippen LogP) is 2.92. The summed E-state index contributed by atoms with van der Waals surface area (Å²) in [5.41, 5.74) is 0.413. The van der Waals surface area contributed by atoms with Crippen molar-refractivity contribution >= 4 is 27.3 Å². The first-order valence-corrected chi connectivity index (χ1v) is 10.6. The molecular weight excluding hydrogens is 413 g/mol. The van der Waals surface area contributed by atoms with E-state index in [2.05, 4.69) is 10.6 Å². The van der Waals surface area contributed by atoms with Crippen molar-refractivity contribution in [1.29, 1.82) is 0 Å². The van der Waals surface area contributed by atoms with E-state index >= 15 is 0 Å². The van der Waals surface area contributed by atoms with Crippen molar-refractivity contribution in [3.63, 3.8) is 0 Å². The first kappa shape index (κ1) is 23.4. The summed E-state index contributed by atoms with van der Waals surface area (Å²) in [6.45, 7) is 3.45. The Hall–Kier alpha value is -2.85. The summed E-state index contributed by atoms with van der Waals surface area (Å²) in [5.74, 6) is -0.476. The molecule has 1 amide bonds. The van der Waals surface area contributed by atoms with Gasteiger partial charge in [0, 0.05) is 25.8 Å². The summed E-state index contributed by atoms with van der Waals surface area (Å²) in [4.78, 5) is 12.2. The molecule has 0 spiro atoms. The van der Waals surface area contributed by atoms with Crippen molar-refractivity contribution < 1.29 is 27.1 Å². The molecular formula is C20H26FN3O5S. The van der Waals surface area contributed by atoms with E-state index in [0.29, 0.717) is 5.75 Å². The molecule has 2 aromatic rings. The summed E-state index contributed by atoms with van der Waals surface area (Å²) in [5, 5.41) is 5.29. The van der Waals surface area contributed by atoms with E-state index in [9.17, 15) is 17.6 Å². The van der Waals surface area contributed by atoms with Crippen LogP contribution in [0.1, 0.15) is 13.8 Å². The number of rotatable bonds is 9. The average molecular weight is 440 g/mol. The number of nitrogens with one attached hydrogen (secondary N) is 2. The molecule has 0 unspecified atom stereocenters. The number of amides is 1. The Balaban J connectivity index is 2.08. The van der Waals surface area contributed by atoms with Gasteiger partial charge in [0.1, 0.15) is 22.2 Å². The van der Waals surface area contributed by atoms with Crippen molar-refractivity contribution in [2.24, 2.45) is 0 Å². The molecule has 0 aliphatic rings. The van der Waals surface area contributed by atoms with Crippen LogP contribution in [0, 0.1) is 5.82 Å². The van der Waals surface area contributed by atoms with Crippen molar-refractivity contribution in [3.05, 3.63) is 42.2 Å². The van der Waals surface area contributed by atoms with Crippen LogP contribution in [-0.2, 0) is 14.8 Å². The maximum Gasteiger partial charge on any atom is 0.246 e. The van der Waals surface area contributed by atoms with Gasteiger partial charge in [-0.15, -0.1) is 0 Å². The van der Waals surface area contributed by atoms with Gasteiger partial charge < -0.3 is 20.1 Å². The van der Waals surface area contributed by atoms with E-state index < -0.39 is 21.7 Å². The number of hydrogen-bond acceptors (Lipinski definition) is 6. The summed E-state index contributed by atoms with van der Waals surface area (Å²) in [6.07, 6.45) is -0.0836. The Morgan fingerprint density at radius 1 is 1.17 bits per heavy atom. The molecule has 30 heavy (non-hydrogen) atoms. The van der Waals surface area contributed by atoms with Gasteiger partial charge in [-0.25, -0.2) is 17.1 Å². The van der Waals surface area contributed by atoms with Gasteiger partial charge in [0.05, 0.1) is 25.4 Å². The number of hydrogen-bond donors (Lipinski definition) is 2. The van der Waals surface area contributed by atoms with E-state index in [1.54, 1.807) is 6.07 Å². The van der Waals surface area contributed by atoms with Crippen LogP contribution in [-0.4, -0.2) is 52.5 Å². The molecule has 0 radical (unpaired) electrons. The summed E-state index contributed by atoms with van der Waals surface area (Å²) in [7, 11) is 0.385. The number of sulfonamides is 1. The minimum Gasteiger partial charge on any atom is -0.495 e. The summed E-state index contributed by atoms with van der Waals surface area (Å²) >= 11 is 0. The highest BCUT2D eigenvalue weighted by Gasteiger charge is 2.23. The molecule has 0 bridgehead atoms. The Labute approximate surface area is 176 Å². The minimum absolute atomic E-state index is 0.0763. The van der Waals surface area contributed by atoms with Gasteiger partial charge in [0.25, 0.3) is 0 Å². The van der Waals surface area contributed by atoms with E-state index in [1.807, 2.05) is 13.8 Å². The second kappa shape index (κ2) is 9.77. The lowest BCUT2D eigenvalue weighted by Crippen LogP contribution is -2.24. The van der Waals surface area contributed by atoms with Crippen LogP contribution in [0.4, 0.5) is 15.8 Å². The predicted molar refractivity (Wildman–Crippen MR) is 113 cm³/mol. The number of benzene rings is 2. The molecule has 8 nitrogen and oxygen atoms in total. The molecule has 0 atom stereocenters. The van der Waals surface area contributed by atoms with Crippen LogP contribution in [0.15, 0.2) is 41.3 Å². The molecule has 2 N–H and O–H groups in total. The monoisotopic (exact) mass is 439 g/mol. The number of methoxy groups -OCH3 is 1. The second-order valence-electron chi connectivity index (χ2n) is 6.86. The van der Waals surface area contributed by atoms with E-state index in [-0.39, 0.29) is 34.7 Å². The van der Waals surface area contributed by atoms with Crippen molar-refractivity contribution in [3.8, 4) is 11.5 Å². The molecule has 2 rings (SSSR count). The van der Waals surface area contributed by atoms with Crippen LogP contribution in [0.3, 0.4) is 0 Å². The van der Waals surface area contributed by atoms with E-state index in [0.717, 1.165) is 4.31 Å². The van der Waals surface area contributed by atoms with Crippen molar-refractivity contribution in [2.75, 3.05) is 38.4 Å². The average Bonchev–Trinajstić information content (AvgIpc) is 2.66. The second-order valence-corrected chi connectivity index (χ2v) is 8.98. The molecule has 2 aromatic carbocycles. The number of halogens is 1. The topological polar surface area (TPSA) is 97.0 Å². The van der Waals surface area contributed by atoms with Crippen molar-refractivity contribution in [1.82, 2.24) is 4.31 Å². The Bertz CT molecular complexity index is 1010. The van der Waals surface area contributed by atoms with Gasteiger partial charge in [0.2, 0.25) is 15.9 Å². The normalized spacial score (nSPS) is 11.5. The number of carbonyl (C=O) groups is 1. The zero-order valence-electron chi connectivity index (χ0n) is 17.5. The van der Waals surface area contributed by atoms with Gasteiger partial charge >= 0.3 is 0 Å². The Morgan fingerprint density at radius 3 is 2.43 bits per heavy atom. The standard InChI is InChI=1S/C20H26FN3O5S/c1-13(2)29-15-7-8-17(16(21)11-15)22-12-20(25)23-14-6-9-18(28-5)19(10-14)30(26,27)24(3)4/h6-11,13,22H,12H2,1-5H3,(H,23,25).